The molecule has 0 spiro atoms. The molecule has 22 heavy (non-hydrogen) atoms. The highest BCUT2D eigenvalue weighted by Gasteiger charge is 2.57. The minimum atomic E-state index is 0.472. The van der Waals surface area contributed by atoms with Gasteiger partial charge in [0.15, 0.2) is 0 Å². The molecular formula is C19H22BrNO. The number of halogens is 1. The molecule has 0 amide bonds. The molecule has 2 nitrogen and oxygen atoms in total. The molecule has 1 heterocycles. The second kappa shape index (κ2) is 4.85. The van der Waals surface area contributed by atoms with E-state index >= 15 is 0 Å². The van der Waals surface area contributed by atoms with Crippen LogP contribution in [0.25, 0.3) is 11.0 Å². The molecule has 1 aromatic heterocycles. The van der Waals surface area contributed by atoms with Crippen LogP contribution in [0.1, 0.15) is 43.4 Å². The summed E-state index contributed by atoms with van der Waals surface area (Å²) in [5.74, 6) is 3.99. The molecule has 0 aliphatic heterocycles. The minimum Gasteiger partial charge on any atom is -0.460 e. The lowest BCUT2D eigenvalue weighted by Crippen LogP contribution is -2.45. The van der Waals surface area contributed by atoms with Gasteiger partial charge in [-0.15, -0.1) is 0 Å². The van der Waals surface area contributed by atoms with Gasteiger partial charge in [0.2, 0.25) is 0 Å². The Balaban J connectivity index is 1.36. The van der Waals surface area contributed by atoms with Crippen molar-refractivity contribution in [2.75, 3.05) is 0 Å². The molecule has 0 saturated heterocycles. The van der Waals surface area contributed by atoms with Crippen molar-refractivity contribution in [2.24, 2.45) is 17.8 Å². The number of benzene rings is 1. The van der Waals surface area contributed by atoms with Crippen molar-refractivity contribution in [2.45, 2.75) is 49.5 Å². The lowest BCUT2D eigenvalue weighted by atomic mass is 9.80. The number of alkyl halides is 1. The Morgan fingerprint density at radius 3 is 2.73 bits per heavy atom. The number of nitrogens with one attached hydrogen (secondary N) is 1. The second-order valence-corrected chi connectivity index (χ2v) is 8.33. The number of hydrogen-bond donors (Lipinski definition) is 1. The molecule has 4 aliphatic carbocycles. The predicted molar refractivity (Wildman–Crippen MR) is 92.0 cm³/mol. The van der Waals surface area contributed by atoms with Crippen LogP contribution in [0.2, 0.25) is 0 Å². The van der Waals surface area contributed by atoms with Crippen LogP contribution in [0, 0.1) is 17.8 Å². The molecule has 2 atom stereocenters. The second-order valence-electron chi connectivity index (χ2n) is 7.77. The number of rotatable bonds is 4. The van der Waals surface area contributed by atoms with Crippen molar-refractivity contribution < 1.29 is 4.42 Å². The van der Waals surface area contributed by atoms with Gasteiger partial charge in [0.1, 0.15) is 11.3 Å². The van der Waals surface area contributed by atoms with Crippen molar-refractivity contribution in [3.05, 3.63) is 35.6 Å². The first-order chi connectivity index (χ1) is 10.7. The standard InChI is InChI=1S/C19H22BrNO/c20-10-17-7-15-4-12(1-2-18(15)22-17)11-21-19-8-13-3-14(9-19)6-16(19)5-13/h1-2,4,7,13-14,16,21H,3,5-6,8-11H2. The fraction of sp³-hybridized carbons (Fsp3) is 0.579. The first-order valence-corrected chi connectivity index (χ1v) is 9.68. The largest absolute Gasteiger partial charge is 0.460 e. The third kappa shape index (κ3) is 2.01. The molecule has 3 heteroatoms. The van der Waals surface area contributed by atoms with Crippen LogP contribution < -0.4 is 5.32 Å². The maximum absolute atomic E-state index is 5.77. The fourth-order valence-corrected chi connectivity index (χ4v) is 5.96. The summed E-state index contributed by atoms with van der Waals surface area (Å²) in [6.45, 7) is 1.00. The van der Waals surface area contributed by atoms with Gasteiger partial charge in [0.05, 0.1) is 5.33 Å². The molecule has 4 saturated carbocycles. The van der Waals surface area contributed by atoms with Gasteiger partial charge in [0, 0.05) is 17.5 Å². The Bertz CT molecular complexity index is 707. The summed E-state index contributed by atoms with van der Waals surface area (Å²) >= 11 is 3.46. The average Bonchev–Trinajstić information content (AvgIpc) is 3.11. The molecule has 1 N–H and O–H groups in total. The van der Waals surface area contributed by atoms with E-state index in [1.54, 1.807) is 0 Å². The summed E-state index contributed by atoms with van der Waals surface area (Å²) in [7, 11) is 0. The van der Waals surface area contributed by atoms with Crippen LogP contribution in [0.15, 0.2) is 28.7 Å². The predicted octanol–water partition coefficient (Wildman–Crippen LogP) is 5.00. The summed E-state index contributed by atoms with van der Waals surface area (Å²) in [4.78, 5) is 0. The van der Waals surface area contributed by atoms with Crippen LogP contribution in [0.4, 0.5) is 0 Å². The van der Waals surface area contributed by atoms with Crippen LogP contribution in [0.5, 0.6) is 0 Å². The molecule has 4 bridgehead atoms. The lowest BCUT2D eigenvalue weighted by molar-refractivity contribution is 0.233. The summed E-state index contributed by atoms with van der Waals surface area (Å²) in [6.07, 6.45) is 7.33. The van der Waals surface area contributed by atoms with Gasteiger partial charge in [-0.3, -0.25) is 0 Å². The molecule has 116 valence electrons. The Labute approximate surface area is 139 Å². The van der Waals surface area contributed by atoms with Crippen molar-refractivity contribution in [3.8, 4) is 0 Å². The zero-order chi connectivity index (χ0) is 14.7. The van der Waals surface area contributed by atoms with Crippen LogP contribution in [-0.4, -0.2) is 5.54 Å². The summed E-state index contributed by atoms with van der Waals surface area (Å²) in [5, 5.41) is 5.99. The molecule has 4 aliphatic rings. The van der Waals surface area contributed by atoms with E-state index in [1.807, 2.05) is 0 Å². The zero-order valence-corrected chi connectivity index (χ0v) is 14.4. The van der Waals surface area contributed by atoms with Crippen molar-refractivity contribution in [1.29, 1.82) is 0 Å². The Kier molecular flexibility index (Phi) is 3.00. The number of furan rings is 1. The number of fused-ring (bicyclic) bond motifs is 1. The first-order valence-electron chi connectivity index (χ1n) is 8.56. The SMILES string of the molecule is BrCc1cc2cc(CNC34CC5CC(CC3C5)C4)ccc2o1. The molecule has 2 unspecified atom stereocenters. The van der Waals surface area contributed by atoms with Crippen LogP contribution in [0.3, 0.4) is 0 Å². The monoisotopic (exact) mass is 359 g/mol. The van der Waals surface area contributed by atoms with Gasteiger partial charge in [-0.2, -0.15) is 0 Å². The Hall–Kier alpha value is -0.800. The van der Waals surface area contributed by atoms with E-state index in [0.717, 1.165) is 41.0 Å². The van der Waals surface area contributed by atoms with Crippen molar-refractivity contribution >= 4 is 26.9 Å². The van der Waals surface area contributed by atoms with Gasteiger partial charge >= 0.3 is 0 Å². The van der Waals surface area contributed by atoms with Crippen molar-refractivity contribution in [1.82, 2.24) is 5.32 Å². The summed E-state index contributed by atoms with van der Waals surface area (Å²) in [6, 6.07) is 8.77. The Morgan fingerprint density at radius 2 is 1.95 bits per heavy atom. The van der Waals surface area contributed by atoms with E-state index < -0.39 is 0 Å². The topological polar surface area (TPSA) is 25.2 Å². The van der Waals surface area contributed by atoms with Gasteiger partial charge in [0.25, 0.3) is 0 Å². The average molecular weight is 360 g/mol. The highest BCUT2D eigenvalue weighted by Crippen LogP contribution is 2.60. The minimum absolute atomic E-state index is 0.472. The van der Waals surface area contributed by atoms with E-state index in [1.165, 1.54) is 43.1 Å². The molecule has 0 radical (unpaired) electrons. The highest BCUT2D eigenvalue weighted by molar-refractivity contribution is 9.08. The third-order valence-electron chi connectivity index (χ3n) is 6.40. The normalized spacial score (nSPS) is 35.8. The maximum atomic E-state index is 5.77. The van der Waals surface area contributed by atoms with E-state index in [4.69, 9.17) is 4.42 Å². The first kappa shape index (κ1) is 13.6. The smallest absolute Gasteiger partial charge is 0.134 e. The zero-order valence-electron chi connectivity index (χ0n) is 12.8. The molecule has 1 aromatic carbocycles. The quantitative estimate of drug-likeness (QED) is 0.777. The highest BCUT2D eigenvalue weighted by atomic mass is 79.9. The summed E-state index contributed by atoms with van der Waals surface area (Å²) < 4.78 is 5.77. The Morgan fingerprint density at radius 1 is 1.14 bits per heavy atom. The van der Waals surface area contributed by atoms with Gasteiger partial charge in [-0.25, -0.2) is 0 Å². The number of hydrogen-bond acceptors (Lipinski definition) is 2. The fourth-order valence-electron chi connectivity index (χ4n) is 5.69. The van der Waals surface area contributed by atoms with Crippen LogP contribution >= 0.6 is 15.9 Å². The molecule has 2 aromatic rings. The van der Waals surface area contributed by atoms with Crippen molar-refractivity contribution in [3.63, 3.8) is 0 Å². The van der Waals surface area contributed by atoms with Crippen LogP contribution in [-0.2, 0) is 11.9 Å². The van der Waals surface area contributed by atoms with E-state index in [9.17, 15) is 0 Å². The van der Waals surface area contributed by atoms with Gasteiger partial charge < -0.3 is 9.73 Å². The molecule has 6 rings (SSSR count). The van der Waals surface area contributed by atoms with Gasteiger partial charge in [-0.1, -0.05) is 22.0 Å². The molecular weight excluding hydrogens is 338 g/mol. The third-order valence-corrected chi connectivity index (χ3v) is 6.95. The maximum Gasteiger partial charge on any atom is 0.134 e. The van der Waals surface area contributed by atoms with E-state index in [2.05, 4.69) is 45.5 Å². The molecule has 4 fully saturated rings. The van der Waals surface area contributed by atoms with E-state index in [0.29, 0.717) is 5.54 Å². The summed E-state index contributed by atoms with van der Waals surface area (Å²) in [5.41, 5.74) is 2.85. The van der Waals surface area contributed by atoms with E-state index in [-0.39, 0.29) is 0 Å². The lowest BCUT2D eigenvalue weighted by Gasteiger charge is -2.34. The van der Waals surface area contributed by atoms with Gasteiger partial charge in [-0.05, 0) is 73.6 Å².